The zero-order valence-corrected chi connectivity index (χ0v) is 22.1. The first kappa shape index (κ1) is 26.3. The molecule has 9 heteroatoms. The van der Waals surface area contributed by atoms with Crippen LogP contribution >= 0.6 is 0 Å². The van der Waals surface area contributed by atoms with Gasteiger partial charge in [-0.1, -0.05) is 30.3 Å². The van der Waals surface area contributed by atoms with E-state index in [0.29, 0.717) is 19.6 Å². The average molecular weight is 522 g/mol. The van der Waals surface area contributed by atoms with E-state index in [4.69, 9.17) is 10.5 Å². The highest BCUT2D eigenvalue weighted by Crippen LogP contribution is 2.40. The summed E-state index contributed by atoms with van der Waals surface area (Å²) in [6.07, 6.45) is 2.41. The Morgan fingerprint density at radius 3 is 2.68 bits per heavy atom. The lowest BCUT2D eigenvalue weighted by Crippen LogP contribution is -2.58. The van der Waals surface area contributed by atoms with Crippen molar-refractivity contribution in [1.82, 2.24) is 20.1 Å². The molecule has 38 heavy (non-hydrogen) atoms. The van der Waals surface area contributed by atoms with Gasteiger partial charge in [0.15, 0.2) is 0 Å². The Bertz CT molecular complexity index is 1310. The number of carbonyl (C=O) groups excluding carboxylic acids is 2. The van der Waals surface area contributed by atoms with Gasteiger partial charge in [0.05, 0.1) is 23.7 Å². The largest absolute Gasteiger partial charge is 0.379 e. The zero-order chi connectivity index (χ0) is 27.0. The molecule has 2 amide bonds. The fraction of sp³-hybridized carbons (Fsp3) is 0.448. The van der Waals surface area contributed by atoms with E-state index in [1.807, 2.05) is 29.2 Å². The van der Waals surface area contributed by atoms with Crippen LogP contribution in [0.3, 0.4) is 0 Å². The molecule has 0 saturated carbocycles. The van der Waals surface area contributed by atoms with Gasteiger partial charge in [-0.05, 0) is 49.6 Å². The van der Waals surface area contributed by atoms with E-state index in [9.17, 15) is 14.0 Å². The summed E-state index contributed by atoms with van der Waals surface area (Å²) in [4.78, 5) is 28.2. The molecule has 2 saturated heterocycles. The van der Waals surface area contributed by atoms with Crippen molar-refractivity contribution in [3.63, 3.8) is 0 Å². The number of methoxy groups -OCH3 is 1. The normalized spacial score (nSPS) is 23.3. The van der Waals surface area contributed by atoms with Crippen molar-refractivity contribution in [2.45, 2.75) is 63.0 Å². The van der Waals surface area contributed by atoms with Crippen LogP contribution in [0.4, 0.5) is 4.39 Å². The van der Waals surface area contributed by atoms with Crippen LogP contribution in [0.1, 0.15) is 37.3 Å². The number of nitrogens with zero attached hydrogens (tertiary/aromatic N) is 2. The lowest BCUT2D eigenvalue weighted by Gasteiger charge is -2.34. The zero-order valence-electron chi connectivity index (χ0n) is 22.1. The number of benzene rings is 2. The Balaban J connectivity index is 1.48. The van der Waals surface area contributed by atoms with Crippen LogP contribution in [0.15, 0.2) is 54.7 Å². The highest BCUT2D eigenvalue weighted by molar-refractivity contribution is 5.91. The summed E-state index contributed by atoms with van der Waals surface area (Å²) in [7, 11) is 1.52. The minimum absolute atomic E-state index is 0.0130. The topological polar surface area (TPSA) is 102 Å². The molecule has 2 aliphatic rings. The Morgan fingerprint density at radius 2 is 1.97 bits per heavy atom. The van der Waals surface area contributed by atoms with Crippen LogP contribution in [0.5, 0.6) is 0 Å². The first-order valence-electron chi connectivity index (χ1n) is 13.2. The molecule has 0 bridgehead atoms. The maximum Gasteiger partial charge on any atom is 0.248 e. The molecular formula is C29H36FN5O3. The minimum Gasteiger partial charge on any atom is -0.379 e. The summed E-state index contributed by atoms with van der Waals surface area (Å²) in [6.45, 7) is 5.26. The molecule has 0 aliphatic carbocycles. The van der Waals surface area contributed by atoms with Crippen molar-refractivity contribution in [2.75, 3.05) is 20.2 Å². The molecule has 6 atom stereocenters. The highest BCUT2D eigenvalue weighted by atomic mass is 19.1. The summed E-state index contributed by atoms with van der Waals surface area (Å²) < 4.78 is 21.9. The number of ether oxygens (including phenoxy) is 1. The highest BCUT2D eigenvalue weighted by Gasteiger charge is 2.49. The predicted molar refractivity (Wildman–Crippen MR) is 144 cm³/mol. The van der Waals surface area contributed by atoms with Crippen LogP contribution in [0, 0.1) is 5.82 Å². The molecule has 1 aromatic heterocycles. The number of likely N-dealkylation sites (tertiary alicyclic amines) is 1. The Morgan fingerprint density at radius 1 is 1.21 bits per heavy atom. The summed E-state index contributed by atoms with van der Waals surface area (Å²) in [5.41, 5.74) is 8.81. The predicted octanol–water partition coefficient (Wildman–Crippen LogP) is 2.35. The molecule has 2 aromatic carbocycles. The van der Waals surface area contributed by atoms with Crippen LogP contribution in [0.25, 0.3) is 10.9 Å². The Labute approximate surface area is 222 Å². The van der Waals surface area contributed by atoms with Crippen molar-refractivity contribution in [1.29, 1.82) is 0 Å². The SMILES string of the molecule is COC(C)C(NC(=O)C(C)N)C(=O)N1CCC2NCC(c3cn(Cc4ccccc4)c4cc(F)ccc34)C21. The van der Waals surface area contributed by atoms with E-state index in [-0.39, 0.29) is 29.7 Å². The minimum atomic E-state index is -0.841. The van der Waals surface area contributed by atoms with Gasteiger partial charge in [-0.15, -0.1) is 0 Å². The van der Waals surface area contributed by atoms with Crippen LogP contribution in [-0.2, 0) is 20.9 Å². The number of nitrogens with two attached hydrogens (primary N) is 1. The number of amides is 2. The first-order chi connectivity index (χ1) is 18.3. The van der Waals surface area contributed by atoms with Gasteiger partial charge < -0.3 is 30.6 Å². The van der Waals surface area contributed by atoms with Gasteiger partial charge >= 0.3 is 0 Å². The van der Waals surface area contributed by atoms with Gasteiger partial charge in [-0.25, -0.2) is 4.39 Å². The molecule has 5 rings (SSSR count). The second kappa shape index (κ2) is 10.8. The third-order valence-corrected chi connectivity index (χ3v) is 8.04. The van der Waals surface area contributed by atoms with E-state index < -0.39 is 24.1 Å². The van der Waals surface area contributed by atoms with E-state index in [1.165, 1.54) is 13.2 Å². The lowest BCUT2D eigenvalue weighted by atomic mass is 9.91. The number of hydrogen-bond donors (Lipinski definition) is 3. The van der Waals surface area contributed by atoms with Gasteiger partial charge in [0.1, 0.15) is 11.9 Å². The fourth-order valence-corrected chi connectivity index (χ4v) is 5.97. The average Bonchev–Trinajstić information content (AvgIpc) is 3.61. The molecule has 3 aromatic rings. The van der Waals surface area contributed by atoms with Crippen molar-refractivity contribution < 1.29 is 18.7 Å². The third kappa shape index (κ3) is 4.93. The first-order valence-corrected chi connectivity index (χ1v) is 13.2. The van der Waals surface area contributed by atoms with Crippen molar-refractivity contribution in [3.8, 4) is 0 Å². The number of fused-ring (bicyclic) bond motifs is 2. The smallest absolute Gasteiger partial charge is 0.248 e. The fourth-order valence-electron chi connectivity index (χ4n) is 5.97. The third-order valence-electron chi connectivity index (χ3n) is 8.04. The molecule has 6 unspecified atom stereocenters. The summed E-state index contributed by atoms with van der Waals surface area (Å²) in [5, 5.41) is 7.40. The van der Waals surface area contributed by atoms with Gasteiger partial charge in [0.2, 0.25) is 11.8 Å². The second-order valence-corrected chi connectivity index (χ2v) is 10.5. The Kier molecular flexibility index (Phi) is 7.52. The number of rotatable bonds is 8. The van der Waals surface area contributed by atoms with Gasteiger partial charge in [-0.2, -0.15) is 0 Å². The molecular weight excluding hydrogens is 485 g/mol. The maximum absolute atomic E-state index is 14.3. The second-order valence-electron chi connectivity index (χ2n) is 10.5. The summed E-state index contributed by atoms with van der Waals surface area (Å²) in [6, 6.07) is 13.5. The lowest BCUT2D eigenvalue weighted by molar-refractivity contribution is -0.141. The van der Waals surface area contributed by atoms with Crippen molar-refractivity contribution in [2.24, 2.45) is 5.73 Å². The quantitative estimate of drug-likeness (QED) is 0.423. The number of nitrogens with one attached hydrogen (secondary N) is 2. The van der Waals surface area contributed by atoms with E-state index in [1.54, 1.807) is 19.9 Å². The molecule has 2 fully saturated rings. The van der Waals surface area contributed by atoms with E-state index in [0.717, 1.165) is 28.5 Å². The van der Waals surface area contributed by atoms with Gasteiger partial charge in [-0.3, -0.25) is 9.59 Å². The van der Waals surface area contributed by atoms with Crippen LogP contribution in [0.2, 0.25) is 0 Å². The van der Waals surface area contributed by atoms with Crippen molar-refractivity contribution >= 4 is 22.7 Å². The molecule has 0 spiro atoms. The molecule has 3 heterocycles. The Hall–Kier alpha value is -3.27. The van der Waals surface area contributed by atoms with E-state index >= 15 is 0 Å². The number of halogens is 1. The monoisotopic (exact) mass is 521 g/mol. The summed E-state index contributed by atoms with van der Waals surface area (Å²) in [5.74, 6) is -0.833. The molecule has 8 nitrogen and oxygen atoms in total. The standard InChI is InChI=1S/C29H36FN5O3/c1-17(31)28(36)33-26(18(2)38-3)29(37)35-12-11-24-27(35)22(14-32-24)23-16-34(15-19-7-5-4-6-8-19)25-13-20(30)9-10-21(23)25/h4-10,13,16-18,22,24,26-27,32H,11-12,14-15,31H2,1-3H3,(H,33,36). The molecule has 4 N–H and O–H groups in total. The number of aromatic nitrogens is 1. The molecule has 2 aliphatic heterocycles. The molecule has 202 valence electrons. The van der Waals surface area contributed by atoms with Gasteiger partial charge in [0, 0.05) is 50.3 Å². The van der Waals surface area contributed by atoms with Crippen molar-refractivity contribution in [3.05, 3.63) is 71.7 Å². The van der Waals surface area contributed by atoms with Gasteiger partial charge in [0.25, 0.3) is 0 Å². The summed E-state index contributed by atoms with van der Waals surface area (Å²) >= 11 is 0. The van der Waals surface area contributed by atoms with Crippen LogP contribution < -0.4 is 16.4 Å². The van der Waals surface area contributed by atoms with Crippen LogP contribution in [-0.4, -0.2) is 71.8 Å². The number of hydrogen-bond acceptors (Lipinski definition) is 5. The van der Waals surface area contributed by atoms with E-state index in [2.05, 4.69) is 33.5 Å². The number of carbonyl (C=O) groups is 2. The molecule has 0 radical (unpaired) electrons. The maximum atomic E-state index is 14.3.